The topological polar surface area (TPSA) is 64.7 Å². The van der Waals surface area contributed by atoms with Gasteiger partial charge >= 0.3 is 6.18 Å². The van der Waals surface area contributed by atoms with Crippen LogP contribution in [-0.2, 0) is 17.5 Å². The molecule has 28 heavy (non-hydrogen) atoms. The van der Waals surface area contributed by atoms with E-state index < -0.39 is 23.8 Å². The van der Waals surface area contributed by atoms with Gasteiger partial charge in [0.05, 0.1) is 18.4 Å². The number of halogens is 3. The summed E-state index contributed by atoms with van der Waals surface area (Å²) in [5.41, 5.74) is 1.91. The molecule has 3 rings (SSSR count). The van der Waals surface area contributed by atoms with Crippen LogP contribution in [0.2, 0.25) is 0 Å². The molecule has 0 saturated heterocycles. The van der Waals surface area contributed by atoms with Crippen molar-refractivity contribution in [2.45, 2.75) is 39.5 Å². The summed E-state index contributed by atoms with van der Waals surface area (Å²) in [6.07, 6.45) is -1.38. The van der Waals surface area contributed by atoms with Crippen LogP contribution < -0.4 is 5.32 Å². The maximum Gasteiger partial charge on any atom is 0.435 e. The van der Waals surface area contributed by atoms with Gasteiger partial charge in [0.15, 0.2) is 5.69 Å². The number of anilines is 1. The van der Waals surface area contributed by atoms with Crippen molar-refractivity contribution in [1.29, 1.82) is 0 Å². The molecule has 148 valence electrons. The minimum Gasteiger partial charge on any atom is -0.322 e. The van der Waals surface area contributed by atoms with Gasteiger partial charge < -0.3 is 5.32 Å². The summed E-state index contributed by atoms with van der Waals surface area (Å²) in [6.45, 7) is 5.51. The van der Waals surface area contributed by atoms with Gasteiger partial charge in [-0.05, 0) is 32.4 Å². The summed E-state index contributed by atoms with van der Waals surface area (Å²) in [4.78, 5) is 12.4. The molecule has 0 saturated carbocycles. The van der Waals surface area contributed by atoms with Crippen molar-refractivity contribution in [2.75, 3.05) is 5.32 Å². The first-order valence-electron chi connectivity index (χ1n) is 8.65. The second-order valence-electron chi connectivity index (χ2n) is 6.69. The van der Waals surface area contributed by atoms with Crippen LogP contribution in [-0.4, -0.2) is 25.5 Å². The third-order valence-electron chi connectivity index (χ3n) is 4.29. The summed E-state index contributed by atoms with van der Waals surface area (Å²) in [5.74, 6) is -0.477. The number of benzene rings is 1. The first-order valence-corrected chi connectivity index (χ1v) is 8.65. The molecule has 1 amide bonds. The summed E-state index contributed by atoms with van der Waals surface area (Å²) in [6, 6.07) is 8.00. The van der Waals surface area contributed by atoms with Gasteiger partial charge in [-0.2, -0.15) is 23.4 Å². The van der Waals surface area contributed by atoms with Crippen molar-refractivity contribution in [3.63, 3.8) is 0 Å². The highest BCUT2D eigenvalue weighted by Crippen LogP contribution is 2.29. The lowest BCUT2D eigenvalue weighted by Gasteiger charge is -2.13. The van der Waals surface area contributed by atoms with E-state index in [1.165, 1.54) is 20.0 Å². The van der Waals surface area contributed by atoms with E-state index >= 15 is 0 Å². The van der Waals surface area contributed by atoms with Crippen molar-refractivity contribution in [3.05, 3.63) is 65.2 Å². The lowest BCUT2D eigenvalue weighted by atomic mass is 10.1. The highest BCUT2D eigenvalue weighted by atomic mass is 19.4. The molecule has 9 heteroatoms. The molecule has 1 unspecified atom stereocenters. The SMILES string of the molecule is Cc1cccc(Cn2cc(NC(=O)C(C)n3nc(C(F)(F)F)cc3C)cn2)c1. The largest absolute Gasteiger partial charge is 0.435 e. The van der Waals surface area contributed by atoms with Gasteiger partial charge in [0.1, 0.15) is 6.04 Å². The molecule has 0 aliphatic rings. The maximum absolute atomic E-state index is 12.8. The van der Waals surface area contributed by atoms with Gasteiger partial charge in [-0.3, -0.25) is 14.2 Å². The van der Waals surface area contributed by atoms with Crippen LogP contribution in [0.5, 0.6) is 0 Å². The average Bonchev–Trinajstić information content (AvgIpc) is 3.20. The highest BCUT2D eigenvalue weighted by Gasteiger charge is 2.35. The second kappa shape index (κ2) is 7.49. The van der Waals surface area contributed by atoms with E-state index in [1.54, 1.807) is 10.9 Å². The van der Waals surface area contributed by atoms with E-state index in [0.717, 1.165) is 21.9 Å². The van der Waals surface area contributed by atoms with E-state index in [0.29, 0.717) is 12.2 Å². The molecule has 0 spiro atoms. The summed E-state index contributed by atoms with van der Waals surface area (Å²) in [5, 5.41) is 10.4. The number of hydrogen-bond acceptors (Lipinski definition) is 3. The Morgan fingerprint density at radius 2 is 2.00 bits per heavy atom. The van der Waals surface area contributed by atoms with E-state index in [2.05, 4.69) is 15.5 Å². The summed E-state index contributed by atoms with van der Waals surface area (Å²) in [7, 11) is 0. The fourth-order valence-corrected chi connectivity index (χ4v) is 2.89. The van der Waals surface area contributed by atoms with Gasteiger partial charge in [-0.15, -0.1) is 0 Å². The Kier molecular flexibility index (Phi) is 5.26. The first kappa shape index (κ1) is 19.7. The Hall–Kier alpha value is -3.10. The van der Waals surface area contributed by atoms with Crippen molar-refractivity contribution in [2.24, 2.45) is 0 Å². The maximum atomic E-state index is 12.8. The minimum atomic E-state index is -4.55. The molecular formula is C19H20F3N5O. The Bertz CT molecular complexity index is 990. The number of aromatic nitrogens is 4. The molecule has 0 fully saturated rings. The van der Waals surface area contributed by atoms with Gasteiger partial charge in [-0.25, -0.2) is 0 Å². The lowest BCUT2D eigenvalue weighted by Crippen LogP contribution is -2.25. The molecular weight excluding hydrogens is 371 g/mol. The molecule has 0 bridgehead atoms. The number of rotatable bonds is 5. The molecule has 3 aromatic rings. The van der Waals surface area contributed by atoms with Crippen LogP contribution in [0.4, 0.5) is 18.9 Å². The van der Waals surface area contributed by atoms with Crippen molar-refractivity contribution >= 4 is 11.6 Å². The standard InChI is InChI=1S/C19H20F3N5O/c1-12-5-4-6-15(7-12)10-26-11-16(9-23-26)24-18(28)14(3)27-13(2)8-17(25-27)19(20,21)22/h4-9,11,14H,10H2,1-3H3,(H,24,28). The van der Waals surface area contributed by atoms with Crippen LogP contribution >= 0.6 is 0 Å². The molecule has 0 aliphatic carbocycles. The molecule has 1 N–H and O–H groups in total. The van der Waals surface area contributed by atoms with Crippen LogP contribution in [0.3, 0.4) is 0 Å². The van der Waals surface area contributed by atoms with Crippen molar-refractivity contribution in [3.8, 4) is 0 Å². The van der Waals surface area contributed by atoms with Gasteiger partial charge in [0, 0.05) is 11.9 Å². The zero-order chi connectivity index (χ0) is 20.5. The molecule has 6 nitrogen and oxygen atoms in total. The number of nitrogens with zero attached hydrogens (tertiary/aromatic N) is 4. The monoisotopic (exact) mass is 391 g/mol. The van der Waals surface area contributed by atoms with Gasteiger partial charge in [0.2, 0.25) is 5.91 Å². The smallest absolute Gasteiger partial charge is 0.322 e. The predicted molar refractivity (Wildman–Crippen MR) is 97.8 cm³/mol. The average molecular weight is 391 g/mol. The number of nitrogens with one attached hydrogen (secondary N) is 1. The van der Waals surface area contributed by atoms with E-state index in [9.17, 15) is 18.0 Å². The third-order valence-corrected chi connectivity index (χ3v) is 4.29. The second-order valence-corrected chi connectivity index (χ2v) is 6.69. The van der Waals surface area contributed by atoms with Crippen LogP contribution in [0, 0.1) is 13.8 Å². The summed E-state index contributed by atoms with van der Waals surface area (Å²) >= 11 is 0. The van der Waals surface area contributed by atoms with Crippen LogP contribution in [0.25, 0.3) is 0 Å². The van der Waals surface area contributed by atoms with E-state index in [1.807, 2.05) is 31.2 Å². The number of carbonyl (C=O) groups is 1. The third kappa shape index (κ3) is 4.41. The highest BCUT2D eigenvalue weighted by molar-refractivity contribution is 5.93. The number of alkyl halides is 3. The van der Waals surface area contributed by atoms with Crippen LogP contribution in [0.15, 0.2) is 42.7 Å². The number of amides is 1. The normalized spacial score (nSPS) is 12.8. The molecule has 1 aromatic carbocycles. The molecule has 0 radical (unpaired) electrons. The number of aryl methyl sites for hydroxylation is 2. The minimum absolute atomic E-state index is 0.255. The fraction of sp³-hybridized carbons (Fsp3) is 0.316. The zero-order valence-electron chi connectivity index (χ0n) is 15.7. The molecule has 2 aromatic heterocycles. The predicted octanol–water partition coefficient (Wildman–Crippen LogP) is 3.96. The van der Waals surface area contributed by atoms with Gasteiger partial charge in [0.25, 0.3) is 0 Å². The van der Waals surface area contributed by atoms with Gasteiger partial charge in [-0.1, -0.05) is 29.8 Å². The quantitative estimate of drug-likeness (QED) is 0.716. The molecule has 2 heterocycles. The molecule has 0 aliphatic heterocycles. The number of carbonyl (C=O) groups excluding carboxylic acids is 1. The van der Waals surface area contributed by atoms with E-state index in [4.69, 9.17) is 0 Å². The zero-order valence-corrected chi connectivity index (χ0v) is 15.7. The van der Waals surface area contributed by atoms with Crippen LogP contribution in [0.1, 0.15) is 35.5 Å². The van der Waals surface area contributed by atoms with Crippen molar-refractivity contribution < 1.29 is 18.0 Å². The Morgan fingerprint density at radius 3 is 2.64 bits per heavy atom. The Morgan fingerprint density at radius 1 is 1.25 bits per heavy atom. The lowest BCUT2D eigenvalue weighted by molar-refractivity contribution is -0.141. The fourth-order valence-electron chi connectivity index (χ4n) is 2.89. The Balaban J connectivity index is 1.68. The Labute approximate surface area is 160 Å². The first-order chi connectivity index (χ1) is 13.1. The molecule has 1 atom stereocenters. The summed E-state index contributed by atoms with van der Waals surface area (Å²) < 4.78 is 41.2. The van der Waals surface area contributed by atoms with Crippen molar-refractivity contribution in [1.82, 2.24) is 19.6 Å². The number of hydrogen-bond donors (Lipinski definition) is 1. The van der Waals surface area contributed by atoms with E-state index in [-0.39, 0.29) is 5.69 Å².